The van der Waals surface area contributed by atoms with Crippen molar-refractivity contribution in [3.63, 3.8) is 0 Å². The van der Waals surface area contributed by atoms with Crippen molar-refractivity contribution >= 4 is 43.5 Å². The van der Waals surface area contributed by atoms with Crippen molar-refractivity contribution in [2.45, 2.75) is 31.5 Å². The van der Waals surface area contributed by atoms with Gasteiger partial charge >= 0.3 is 0 Å². The fourth-order valence-electron chi connectivity index (χ4n) is 1.68. The summed E-state index contributed by atoms with van der Waals surface area (Å²) in [6.45, 7) is 4.45. The van der Waals surface area contributed by atoms with Crippen LogP contribution >= 0.6 is 43.5 Å². The molecule has 0 heterocycles. The minimum atomic E-state index is 0.266. The SMILES string of the molecule is CCC(C)CC(Br)c1cc(Cl)cc(Br)c1OC. The summed E-state index contributed by atoms with van der Waals surface area (Å²) in [6, 6.07) is 3.82. The third kappa shape index (κ3) is 4.15. The van der Waals surface area contributed by atoms with E-state index in [0.717, 1.165) is 27.2 Å². The summed E-state index contributed by atoms with van der Waals surface area (Å²) < 4.78 is 6.33. The van der Waals surface area contributed by atoms with Crippen LogP contribution in [0.4, 0.5) is 0 Å². The van der Waals surface area contributed by atoms with E-state index in [0.29, 0.717) is 5.92 Å². The molecule has 0 N–H and O–H groups in total. The second kappa shape index (κ2) is 7.01. The first-order valence-electron chi connectivity index (χ1n) is 5.66. The molecule has 0 amide bonds. The van der Waals surface area contributed by atoms with E-state index in [1.165, 1.54) is 6.42 Å². The van der Waals surface area contributed by atoms with Crippen LogP contribution in [0, 0.1) is 5.92 Å². The minimum absolute atomic E-state index is 0.266. The number of benzene rings is 1. The molecule has 1 aromatic rings. The van der Waals surface area contributed by atoms with Gasteiger partial charge in [-0.2, -0.15) is 0 Å². The first-order valence-corrected chi connectivity index (χ1v) is 7.75. The van der Waals surface area contributed by atoms with Crippen LogP contribution in [0.2, 0.25) is 5.02 Å². The van der Waals surface area contributed by atoms with Gasteiger partial charge in [-0.25, -0.2) is 0 Å². The molecule has 0 bridgehead atoms. The van der Waals surface area contributed by atoms with Crippen molar-refractivity contribution in [2.75, 3.05) is 7.11 Å². The Hall–Kier alpha value is 0.270. The fourth-order valence-corrected chi connectivity index (χ4v) is 3.65. The van der Waals surface area contributed by atoms with Gasteiger partial charge in [-0.15, -0.1) is 0 Å². The second-order valence-electron chi connectivity index (χ2n) is 4.23. The number of halogens is 3. The van der Waals surface area contributed by atoms with E-state index in [9.17, 15) is 0 Å². The highest BCUT2D eigenvalue weighted by atomic mass is 79.9. The van der Waals surface area contributed by atoms with E-state index in [1.54, 1.807) is 7.11 Å². The van der Waals surface area contributed by atoms with Crippen LogP contribution in [0.25, 0.3) is 0 Å². The van der Waals surface area contributed by atoms with Crippen LogP contribution in [-0.4, -0.2) is 7.11 Å². The first kappa shape index (κ1) is 15.3. The molecule has 17 heavy (non-hydrogen) atoms. The zero-order valence-corrected chi connectivity index (χ0v) is 14.2. The lowest BCUT2D eigenvalue weighted by Crippen LogP contribution is -2.01. The predicted octanol–water partition coefficient (Wildman–Crippen LogP) is 5.98. The summed E-state index contributed by atoms with van der Waals surface area (Å²) >= 11 is 13.3. The molecule has 2 unspecified atom stereocenters. The number of ether oxygens (including phenoxy) is 1. The summed E-state index contributed by atoms with van der Waals surface area (Å²) in [5.74, 6) is 1.53. The maximum atomic E-state index is 6.09. The van der Waals surface area contributed by atoms with Gasteiger partial charge in [-0.3, -0.25) is 0 Å². The summed E-state index contributed by atoms with van der Waals surface area (Å²) in [4.78, 5) is 0.266. The van der Waals surface area contributed by atoms with Crippen molar-refractivity contribution in [1.29, 1.82) is 0 Å². The van der Waals surface area contributed by atoms with Gasteiger partial charge in [0.15, 0.2) is 0 Å². The van der Waals surface area contributed by atoms with E-state index in [4.69, 9.17) is 16.3 Å². The summed E-state index contributed by atoms with van der Waals surface area (Å²) in [6.07, 6.45) is 2.24. The molecule has 0 spiro atoms. The van der Waals surface area contributed by atoms with Crippen molar-refractivity contribution in [3.05, 3.63) is 27.2 Å². The van der Waals surface area contributed by atoms with Gasteiger partial charge < -0.3 is 4.74 Å². The smallest absolute Gasteiger partial charge is 0.137 e. The van der Waals surface area contributed by atoms with E-state index >= 15 is 0 Å². The van der Waals surface area contributed by atoms with E-state index < -0.39 is 0 Å². The Balaban J connectivity index is 3.02. The average molecular weight is 385 g/mol. The number of hydrogen-bond donors (Lipinski definition) is 0. The van der Waals surface area contributed by atoms with Gasteiger partial charge in [0.1, 0.15) is 5.75 Å². The molecule has 0 saturated heterocycles. The standard InChI is InChI=1S/C13H17Br2ClO/c1-4-8(2)5-11(14)10-6-9(16)7-12(15)13(10)17-3/h6-8,11H,4-5H2,1-3H3. The van der Waals surface area contributed by atoms with E-state index in [-0.39, 0.29) is 4.83 Å². The molecule has 96 valence electrons. The monoisotopic (exact) mass is 382 g/mol. The van der Waals surface area contributed by atoms with Gasteiger partial charge in [0, 0.05) is 15.4 Å². The van der Waals surface area contributed by atoms with E-state index in [1.807, 2.05) is 12.1 Å². The number of alkyl halides is 1. The quantitative estimate of drug-likeness (QED) is 0.567. The van der Waals surface area contributed by atoms with Crippen LogP contribution in [0.3, 0.4) is 0 Å². The molecule has 0 aliphatic rings. The normalized spacial score (nSPS) is 14.5. The van der Waals surface area contributed by atoms with Crippen molar-refractivity contribution < 1.29 is 4.74 Å². The molecule has 1 nitrogen and oxygen atoms in total. The molecule has 2 atom stereocenters. The zero-order valence-electron chi connectivity index (χ0n) is 10.3. The van der Waals surface area contributed by atoms with Crippen LogP contribution in [0.15, 0.2) is 16.6 Å². The lowest BCUT2D eigenvalue weighted by molar-refractivity contribution is 0.403. The lowest BCUT2D eigenvalue weighted by Gasteiger charge is -2.18. The van der Waals surface area contributed by atoms with Crippen LogP contribution in [-0.2, 0) is 0 Å². The van der Waals surface area contributed by atoms with Gasteiger partial charge in [0.2, 0.25) is 0 Å². The van der Waals surface area contributed by atoms with Crippen molar-refractivity contribution in [1.82, 2.24) is 0 Å². The molecule has 0 aromatic heterocycles. The van der Waals surface area contributed by atoms with E-state index in [2.05, 4.69) is 45.7 Å². The Bertz CT molecular complexity index is 382. The maximum absolute atomic E-state index is 6.09. The minimum Gasteiger partial charge on any atom is -0.495 e. The highest BCUT2D eigenvalue weighted by Gasteiger charge is 2.18. The summed E-state index contributed by atoms with van der Waals surface area (Å²) in [5, 5.41) is 0.723. The second-order valence-corrected chi connectivity index (χ2v) is 6.62. The molecule has 1 aromatic carbocycles. The van der Waals surface area contributed by atoms with Crippen LogP contribution < -0.4 is 4.74 Å². The molecule has 4 heteroatoms. The molecule has 1 rings (SSSR count). The number of hydrogen-bond acceptors (Lipinski definition) is 1. The summed E-state index contributed by atoms with van der Waals surface area (Å²) in [5.41, 5.74) is 1.10. The highest BCUT2D eigenvalue weighted by molar-refractivity contribution is 9.10. The topological polar surface area (TPSA) is 9.23 Å². The number of rotatable bonds is 5. The maximum Gasteiger partial charge on any atom is 0.137 e. The van der Waals surface area contributed by atoms with Gasteiger partial charge in [0.05, 0.1) is 11.6 Å². The Morgan fingerprint density at radius 1 is 1.41 bits per heavy atom. The largest absolute Gasteiger partial charge is 0.495 e. The molecule has 0 aliphatic heterocycles. The Morgan fingerprint density at radius 2 is 2.06 bits per heavy atom. The molecular formula is C13H17Br2ClO. The Morgan fingerprint density at radius 3 is 2.59 bits per heavy atom. The number of methoxy groups -OCH3 is 1. The van der Waals surface area contributed by atoms with Gasteiger partial charge in [-0.1, -0.05) is 47.8 Å². The molecule has 0 aliphatic carbocycles. The zero-order chi connectivity index (χ0) is 13.0. The van der Waals surface area contributed by atoms with Crippen molar-refractivity contribution in [2.24, 2.45) is 5.92 Å². The molecule has 0 radical (unpaired) electrons. The molecule has 0 fully saturated rings. The van der Waals surface area contributed by atoms with Gasteiger partial charge in [0.25, 0.3) is 0 Å². The highest BCUT2D eigenvalue weighted by Crippen LogP contribution is 2.41. The molecular weight excluding hydrogens is 367 g/mol. The third-order valence-corrected chi connectivity index (χ3v) is 4.56. The van der Waals surface area contributed by atoms with Crippen LogP contribution in [0.5, 0.6) is 5.75 Å². The average Bonchev–Trinajstić information content (AvgIpc) is 2.27. The third-order valence-electron chi connectivity index (χ3n) is 2.88. The predicted molar refractivity (Wildman–Crippen MR) is 81.4 cm³/mol. The fraction of sp³-hybridized carbons (Fsp3) is 0.538. The Labute approximate surface area is 125 Å². The van der Waals surface area contributed by atoms with Crippen molar-refractivity contribution in [3.8, 4) is 5.75 Å². The lowest BCUT2D eigenvalue weighted by atomic mass is 9.98. The first-order chi connectivity index (χ1) is 7.99. The molecule has 0 saturated carbocycles. The Kier molecular flexibility index (Phi) is 6.32. The summed E-state index contributed by atoms with van der Waals surface area (Å²) in [7, 11) is 1.68. The van der Waals surface area contributed by atoms with Crippen LogP contribution in [0.1, 0.15) is 37.1 Å². The van der Waals surface area contributed by atoms with Gasteiger partial charge in [-0.05, 0) is 40.4 Å².